The maximum absolute atomic E-state index is 11.4. The first-order valence-electron chi connectivity index (χ1n) is 6.18. The molecule has 0 fully saturated rings. The average molecular weight is 269 g/mol. The third-order valence-corrected chi connectivity index (χ3v) is 2.69. The normalized spacial score (nSPS) is 11.9. The zero-order valence-electron chi connectivity index (χ0n) is 11.1. The SMILES string of the molecule is CCC(C)CNC(=O)NCCn1cc(C(=O)O)nn1. The molecular weight excluding hydrogens is 250 g/mol. The Kier molecular flexibility index (Phi) is 5.77. The number of nitrogens with one attached hydrogen (secondary N) is 2. The number of aromatic nitrogens is 3. The predicted molar refractivity (Wildman–Crippen MR) is 67.8 cm³/mol. The van der Waals surface area contributed by atoms with Crippen molar-refractivity contribution in [1.29, 1.82) is 0 Å². The Labute approximate surface area is 111 Å². The van der Waals surface area contributed by atoms with Crippen LogP contribution in [0.2, 0.25) is 0 Å². The van der Waals surface area contributed by atoms with Gasteiger partial charge in [-0.05, 0) is 5.92 Å². The van der Waals surface area contributed by atoms with E-state index in [0.717, 1.165) is 6.42 Å². The molecule has 0 saturated carbocycles. The largest absolute Gasteiger partial charge is 0.476 e. The van der Waals surface area contributed by atoms with Crippen molar-refractivity contribution < 1.29 is 14.7 Å². The summed E-state index contributed by atoms with van der Waals surface area (Å²) in [5.74, 6) is -0.676. The lowest BCUT2D eigenvalue weighted by Crippen LogP contribution is -2.39. The molecule has 0 radical (unpaired) electrons. The Bertz CT molecular complexity index is 432. The molecule has 1 unspecified atom stereocenters. The van der Waals surface area contributed by atoms with Crippen molar-refractivity contribution in [3.8, 4) is 0 Å². The second-order valence-electron chi connectivity index (χ2n) is 4.32. The molecule has 2 amide bonds. The number of aromatic carboxylic acids is 1. The van der Waals surface area contributed by atoms with E-state index in [1.165, 1.54) is 10.9 Å². The van der Waals surface area contributed by atoms with Gasteiger partial charge in [-0.3, -0.25) is 0 Å². The number of nitrogens with zero attached hydrogens (tertiary/aromatic N) is 3. The molecule has 0 saturated heterocycles. The van der Waals surface area contributed by atoms with Gasteiger partial charge in [0.15, 0.2) is 5.69 Å². The number of hydrogen-bond donors (Lipinski definition) is 3. The summed E-state index contributed by atoms with van der Waals surface area (Å²) >= 11 is 0. The van der Waals surface area contributed by atoms with E-state index in [4.69, 9.17) is 5.11 Å². The predicted octanol–water partition coefficient (Wildman–Crippen LogP) is 0.322. The fourth-order valence-corrected chi connectivity index (χ4v) is 1.26. The first-order chi connectivity index (χ1) is 9.02. The zero-order valence-corrected chi connectivity index (χ0v) is 11.1. The van der Waals surface area contributed by atoms with Crippen molar-refractivity contribution in [3.63, 3.8) is 0 Å². The van der Waals surface area contributed by atoms with Crippen LogP contribution in [0.5, 0.6) is 0 Å². The van der Waals surface area contributed by atoms with E-state index in [1.54, 1.807) is 0 Å². The van der Waals surface area contributed by atoms with Crippen LogP contribution in [0.3, 0.4) is 0 Å². The molecule has 8 nitrogen and oxygen atoms in total. The van der Waals surface area contributed by atoms with Gasteiger partial charge >= 0.3 is 12.0 Å². The molecule has 0 spiro atoms. The van der Waals surface area contributed by atoms with E-state index in [2.05, 4.69) is 34.8 Å². The van der Waals surface area contributed by atoms with Crippen molar-refractivity contribution in [2.45, 2.75) is 26.8 Å². The molecular formula is C11H19N5O3. The van der Waals surface area contributed by atoms with Gasteiger partial charge in [-0.15, -0.1) is 5.10 Å². The summed E-state index contributed by atoms with van der Waals surface area (Å²) in [5, 5.41) is 21.2. The van der Waals surface area contributed by atoms with Gasteiger partial charge in [0.25, 0.3) is 0 Å². The van der Waals surface area contributed by atoms with Crippen LogP contribution in [0.25, 0.3) is 0 Å². The molecule has 0 aliphatic carbocycles. The summed E-state index contributed by atoms with van der Waals surface area (Å²) in [6.45, 7) is 5.48. The van der Waals surface area contributed by atoms with Crippen LogP contribution < -0.4 is 10.6 Å². The Morgan fingerprint density at radius 1 is 1.47 bits per heavy atom. The fraction of sp³-hybridized carbons (Fsp3) is 0.636. The number of carbonyl (C=O) groups is 2. The van der Waals surface area contributed by atoms with Crippen LogP contribution in [-0.2, 0) is 6.54 Å². The van der Waals surface area contributed by atoms with Gasteiger partial charge in [0, 0.05) is 13.1 Å². The molecule has 0 aromatic carbocycles. The summed E-state index contributed by atoms with van der Waals surface area (Å²) < 4.78 is 1.37. The van der Waals surface area contributed by atoms with E-state index < -0.39 is 5.97 Å². The van der Waals surface area contributed by atoms with Crippen molar-refractivity contribution in [2.75, 3.05) is 13.1 Å². The van der Waals surface area contributed by atoms with Gasteiger partial charge in [0.2, 0.25) is 0 Å². The van der Waals surface area contributed by atoms with Gasteiger partial charge in [0.05, 0.1) is 12.7 Å². The van der Waals surface area contributed by atoms with Crippen molar-refractivity contribution in [1.82, 2.24) is 25.6 Å². The van der Waals surface area contributed by atoms with Crippen molar-refractivity contribution in [2.24, 2.45) is 5.92 Å². The second kappa shape index (κ2) is 7.34. The third kappa shape index (κ3) is 5.36. The minimum Gasteiger partial charge on any atom is -0.476 e. The van der Waals surface area contributed by atoms with Gasteiger partial charge in [-0.1, -0.05) is 25.5 Å². The van der Waals surface area contributed by atoms with E-state index in [-0.39, 0.29) is 11.7 Å². The lowest BCUT2D eigenvalue weighted by molar-refractivity contribution is 0.0690. The van der Waals surface area contributed by atoms with Gasteiger partial charge in [0.1, 0.15) is 0 Å². The number of amides is 2. The molecule has 106 valence electrons. The summed E-state index contributed by atoms with van der Waals surface area (Å²) in [7, 11) is 0. The van der Waals surface area contributed by atoms with Gasteiger partial charge in [-0.25, -0.2) is 14.3 Å². The minimum atomic E-state index is -1.12. The Balaban J connectivity index is 2.22. The highest BCUT2D eigenvalue weighted by Crippen LogP contribution is 1.96. The number of carboxylic acids is 1. The average Bonchev–Trinajstić information content (AvgIpc) is 2.85. The summed E-state index contributed by atoms with van der Waals surface area (Å²) in [4.78, 5) is 22.0. The quantitative estimate of drug-likeness (QED) is 0.660. The van der Waals surface area contributed by atoms with Crippen LogP contribution in [0.1, 0.15) is 30.8 Å². The molecule has 1 rings (SSSR count). The lowest BCUT2D eigenvalue weighted by atomic mass is 10.1. The third-order valence-electron chi connectivity index (χ3n) is 2.69. The number of urea groups is 1. The molecule has 0 bridgehead atoms. The first kappa shape index (κ1) is 14.9. The number of carboxylic acid groups (broad SMARTS) is 1. The van der Waals surface area contributed by atoms with Crippen molar-refractivity contribution >= 4 is 12.0 Å². The Morgan fingerprint density at radius 2 is 2.21 bits per heavy atom. The molecule has 1 aromatic rings. The molecule has 3 N–H and O–H groups in total. The first-order valence-corrected chi connectivity index (χ1v) is 6.18. The lowest BCUT2D eigenvalue weighted by Gasteiger charge is -2.11. The number of carbonyl (C=O) groups excluding carboxylic acids is 1. The van der Waals surface area contributed by atoms with Gasteiger partial charge < -0.3 is 15.7 Å². The molecule has 1 atom stereocenters. The van der Waals surface area contributed by atoms with E-state index >= 15 is 0 Å². The zero-order chi connectivity index (χ0) is 14.3. The highest BCUT2D eigenvalue weighted by atomic mass is 16.4. The molecule has 0 aliphatic rings. The van der Waals surface area contributed by atoms with E-state index in [1.807, 2.05) is 0 Å². The highest BCUT2D eigenvalue weighted by Gasteiger charge is 2.08. The van der Waals surface area contributed by atoms with Crippen LogP contribution in [0, 0.1) is 5.92 Å². The second-order valence-corrected chi connectivity index (χ2v) is 4.32. The smallest absolute Gasteiger partial charge is 0.358 e. The molecule has 8 heteroatoms. The van der Waals surface area contributed by atoms with E-state index in [0.29, 0.717) is 25.6 Å². The standard InChI is InChI=1S/C11H19N5O3/c1-3-8(2)6-13-11(19)12-4-5-16-7-9(10(17)18)14-15-16/h7-8H,3-6H2,1-2H3,(H,17,18)(H2,12,13,19). The highest BCUT2D eigenvalue weighted by molar-refractivity contribution is 5.84. The Morgan fingerprint density at radius 3 is 2.79 bits per heavy atom. The topological polar surface area (TPSA) is 109 Å². The maximum Gasteiger partial charge on any atom is 0.358 e. The molecule has 0 aliphatic heterocycles. The number of hydrogen-bond acceptors (Lipinski definition) is 4. The van der Waals surface area contributed by atoms with E-state index in [9.17, 15) is 9.59 Å². The minimum absolute atomic E-state index is 0.110. The summed E-state index contributed by atoms with van der Waals surface area (Å²) in [6.07, 6.45) is 2.33. The number of rotatable bonds is 7. The Hall–Kier alpha value is -2.12. The molecule has 19 heavy (non-hydrogen) atoms. The van der Waals surface area contributed by atoms with Crippen LogP contribution in [-0.4, -0.2) is 45.2 Å². The maximum atomic E-state index is 11.4. The van der Waals surface area contributed by atoms with Crippen molar-refractivity contribution in [3.05, 3.63) is 11.9 Å². The monoisotopic (exact) mass is 269 g/mol. The molecule has 1 aromatic heterocycles. The molecule has 1 heterocycles. The van der Waals surface area contributed by atoms with Gasteiger partial charge in [-0.2, -0.15) is 0 Å². The summed E-state index contributed by atoms with van der Waals surface area (Å²) in [6, 6.07) is -0.237. The van der Waals surface area contributed by atoms with Crippen LogP contribution >= 0.6 is 0 Å². The fourth-order valence-electron chi connectivity index (χ4n) is 1.26. The summed E-state index contributed by atoms with van der Waals surface area (Å²) in [5.41, 5.74) is -0.110. The van der Waals surface area contributed by atoms with Crippen LogP contribution in [0.4, 0.5) is 4.79 Å². The van der Waals surface area contributed by atoms with Crippen LogP contribution in [0.15, 0.2) is 6.20 Å².